The predicted octanol–water partition coefficient (Wildman–Crippen LogP) is 3.55. The molecule has 0 spiro atoms. The molecule has 4 heteroatoms. The smallest absolute Gasteiger partial charge is 0.129 e. The third-order valence-corrected chi connectivity index (χ3v) is 3.82. The van der Waals surface area contributed by atoms with Gasteiger partial charge in [0.05, 0.1) is 13.7 Å². The van der Waals surface area contributed by atoms with Gasteiger partial charge >= 0.3 is 0 Å². The van der Waals surface area contributed by atoms with Crippen LogP contribution < -0.4 is 9.47 Å². The molecule has 1 N–H and O–H groups in total. The standard InChI is InChI=1S/C15H18O3S/c1-4-18-13-6-5-10(2)7-12(13)15(16)14-8-11(17-3)9-19-14/h5-9,15-16H,4H2,1-3H3. The van der Waals surface area contributed by atoms with Crippen molar-refractivity contribution in [3.8, 4) is 11.5 Å². The molecule has 0 saturated carbocycles. The summed E-state index contributed by atoms with van der Waals surface area (Å²) in [4.78, 5) is 0.850. The molecular weight excluding hydrogens is 260 g/mol. The summed E-state index contributed by atoms with van der Waals surface area (Å²) < 4.78 is 10.7. The van der Waals surface area contributed by atoms with Crippen LogP contribution in [0.25, 0.3) is 0 Å². The van der Waals surface area contributed by atoms with Crippen LogP contribution in [0, 0.1) is 6.92 Å². The highest BCUT2D eigenvalue weighted by molar-refractivity contribution is 7.10. The summed E-state index contributed by atoms with van der Waals surface area (Å²) in [6.45, 7) is 4.52. The number of rotatable bonds is 5. The molecule has 19 heavy (non-hydrogen) atoms. The van der Waals surface area contributed by atoms with Crippen molar-refractivity contribution in [2.24, 2.45) is 0 Å². The summed E-state index contributed by atoms with van der Waals surface area (Å²) in [6.07, 6.45) is -0.685. The Morgan fingerprint density at radius 1 is 1.32 bits per heavy atom. The van der Waals surface area contributed by atoms with Crippen molar-refractivity contribution in [3.63, 3.8) is 0 Å². The lowest BCUT2D eigenvalue weighted by Crippen LogP contribution is -2.03. The van der Waals surface area contributed by atoms with Gasteiger partial charge in [-0.15, -0.1) is 11.3 Å². The van der Waals surface area contributed by atoms with E-state index in [1.165, 1.54) is 11.3 Å². The van der Waals surface area contributed by atoms with Crippen LogP contribution in [0.2, 0.25) is 0 Å². The van der Waals surface area contributed by atoms with E-state index in [-0.39, 0.29) is 0 Å². The van der Waals surface area contributed by atoms with E-state index < -0.39 is 6.10 Å². The molecule has 1 unspecified atom stereocenters. The minimum Gasteiger partial charge on any atom is -0.496 e. The molecule has 0 amide bonds. The number of aliphatic hydroxyl groups is 1. The van der Waals surface area contributed by atoms with Crippen molar-refractivity contribution >= 4 is 11.3 Å². The van der Waals surface area contributed by atoms with Gasteiger partial charge in [0, 0.05) is 15.8 Å². The summed E-state index contributed by atoms with van der Waals surface area (Å²) in [7, 11) is 1.62. The van der Waals surface area contributed by atoms with Crippen LogP contribution in [-0.4, -0.2) is 18.8 Å². The molecule has 0 saturated heterocycles. The summed E-state index contributed by atoms with van der Waals surface area (Å²) >= 11 is 1.48. The Hall–Kier alpha value is -1.52. The van der Waals surface area contributed by atoms with Crippen LogP contribution in [0.1, 0.15) is 29.0 Å². The first kappa shape index (κ1) is 13.9. The molecule has 2 rings (SSSR count). The van der Waals surface area contributed by atoms with Crippen molar-refractivity contribution in [3.05, 3.63) is 45.6 Å². The number of thiophene rings is 1. The Bertz CT molecular complexity index is 548. The number of aryl methyl sites for hydroxylation is 1. The van der Waals surface area contributed by atoms with Gasteiger partial charge in [-0.3, -0.25) is 0 Å². The predicted molar refractivity (Wildman–Crippen MR) is 77.3 cm³/mol. The number of methoxy groups -OCH3 is 1. The summed E-state index contributed by atoms with van der Waals surface area (Å²) in [5.74, 6) is 1.50. The van der Waals surface area contributed by atoms with Crippen molar-refractivity contribution in [2.45, 2.75) is 20.0 Å². The van der Waals surface area contributed by atoms with E-state index in [1.54, 1.807) is 7.11 Å². The maximum atomic E-state index is 10.5. The second-order valence-electron chi connectivity index (χ2n) is 4.27. The van der Waals surface area contributed by atoms with Gasteiger partial charge in [-0.2, -0.15) is 0 Å². The van der Waals surface area contributed by atoms with Gasteiger partial charge < -0.3 is 14.6 Å². The molecular formula is C15H18O3S. The normalized spacial score (nSPS) is 12.2. The minimum atomic E-state index is -0.685. The Morgan fingerprint density at radius 2 is 2.11 bits per heavy atom. The second-order valence-corrected chi connectivity index (χ2v) is 5.21. The van der Waals surface area contributed by atoms with Crippen molar-refractivity contribution in [1.29, 1.82) is 0 Å². The van der Waals surface area contributed by atoms with Crippen LogP contribution in [-0.2, 0) is 0 Å². The fourth-order valence-electron chi connectivity index (χ4n) is 1.91. The summed E-state index contributed by atoms with van der Waals surface area (Å²) in [6, 6.07) is 7.70. The fraction of sp³-hybridized carbons (Fsp3) is 0.333. The van der Waals surface area contributed by atoms with E-state index in [0.29, 0.717) is 6.61 Å². The van der Waals surface area contributed by atoms with Crippen LogP contribution in [0.5, 0.6) is 11.5 Å². The third-order valence-electron chi connectivity index (χ3n) is 2.86. The number of ether oxygens (including phenoxy) is 2. The maximum absolute atomic E-state index is 10.5. The van der Waals surface area contributed by atoms with E-state index >= 15 is 0 Å². The molecule has 0 aliphatic rings. The zero-order valence-electron chi connectivity index (χ0n) is 11.3. The first-order valence-electron chi connectivity index (χ1n) is 6.19. The molecule has 0 fully saturated rings. The molecule has 1 aromatic heterocycles. The van der Waals surface area contributed by atoms with Crippen molar-refractivity contribution in [1.82, 2.24) is 0 Å². The van der Waals surface area contributed by atoms with E-state index in [0.717, 1.165) is 27.5 Å². The van der Waals surface area contributed by atoms with Gasteiger partial charge in [-0.25, -0.2) is 0 Å². The Morgan fingerprint density at radius 3 is 2.74 bits per heavy atom. The van der Waals surface area contributed by atoms with Crippen LogP contribution >= 0.6 is 11.3 Å². The van der Waals surface area contributed by atoms with Gasteiger partial charge in [0.1, 0.15) is 17.6 Å². The van der Waals surface area contributed by atoms with E-state index in [2.05, 4.69) is 0 Å². The zero-order valence-corrected chi connectivity index (χ0v) is 12.2. The lowest BCUT2D eigenvalue weighted by Gasteiger charge is -2.15. The highest BCUT2D eigenvalue weighted by Crippen LogP contribution is 2.35. The molecule has 1 heterocycles. The number of hydrogen-bond donors (Lipinski definition) is 1. The number of benzene rings is 1. The van der Waals surface area contributed by atoms with Crippen LogP contribution in [0.3, 0.4) is 0 Å². The lowest BCUT2D eigenvalue weighted by molar-refractivity contribution is 0.215. The molecule has 0 radical (unpaired) electrons. The van der Waals surface area contributed by atoms with E-state index in [4.69, 9.17) is 9.47 Å². The molecule has 0 aliphatic heterocycles. The molecule has 0 aliphatic carbocycles. The third kappa shape index (κ3) is 3.08. The quantitative estimate of drug-likeness (QED) is 0.909. The fourth-order valence-corrected chi connectivity index (χ4v) is 2.76. The highest BCUT2D eigenvalue weighted by atomic mass is 32.1. The van der Waals surface area contributed by atoms with E-state index in [1.807, 2.05) is 43.5 Å². The minimum absolute atomic E-state index is 0.580. The van der Waals surface area contributed by atoms with Gasteiger partial charge in [-0.05, 0) is 32.0 Å². The number of hydrogen-bond acceptors (Lipinski definition) is 4. The molecule has 102 valence electrons. The summed E-state index contributed by atoms with van der Waals surface area (Å²) in [5, 5.41) is 12.4. The Labute approximate surface area is 117 Å². The lowest BCUT2D eigenvalue weighted by atomic mass is 10.0. The topological polar surface area (TPSA) is 38.7 Å². The molecule has 3 nitrogen and oxygen atoms in total. The number of aliphatic hydroxyl groups excluding tert-OH is 1. The van der Waals surface area contributed by atoms with Gasteiger partial charge in [0.15, 0.2) is 0 Å². The average Bonchev–Trinajstić information content (AvgIpc) is 2.89. The second kappa shape index (κ2) is 6.08. The van der Waals surface area contributed by atoms with Gasteiger partial charge in [-0.1, -0.05) is 11.6 Å². The van der Waals surface area contributed by atoms with Crippen molar-refractivity contribution in [2.75, 3.05) is 13.7 Å². The van der Waals surface area contributed by atoms with Gasteiger partial charge in [0.2, 0.25) is 0 Å². The molecule has 1 aromatic carbocycles. The first-order valence-corrected chi connectivity index (χ1v) is 7.07. The largest absolute Gasteiger partial charge is 0.496 e. The Balaban J connectivity index is 2.36. The summed E-state index contributed by atoms with van der Waals surface area (Å²) in [5.41, 5.74) is 1.90. The van der Waals surface area contributed by atoms with Crippen LogP contribution in [0.15, 0.2) is 29.6 Å². The zero-order chi connectivity index (χ0) is 13.8. The monoisotopic (exact) mass is 278 g/mol. The maximum Gasteiger partial charge on any atom is 0.129 e. The van der Waals surface area contributed by atoms with E-state index in [9.17, 15) is 5.11 Å². The average molecular weight is 278 g/mol. The van der Waals surface area contributed by atoms with Crippen molar-refractivity contribution < 1.29 is 14.6 Å². The first-order chi connectivity index (χ1) is 9.15. The highest BCUT2D eigenvalue weighted by Gasteiger charge is 2.18. The molecule has 0 bridgehead atoms. The molecule has 1 atom stereocenters. The van der Waals surface area contributed by atoms with Gasteiger partial charge in [0.25, 0.3) is 0 Å². The SMILES string of the molecule is CCOc1ccc(C)cc1C(O)c1cc(OC)cs1. The molecule has 2 aromatic rings. The Kier molecular flexibility index (Phi) is 4.45. The van der Waals surface area contributed by atoms with Crippen LogP contribution in [0.4, 0.5) is 0 Å².